The fraction of sp³-hybridized carbons (Fsp3) is 0.667. The van der Waals surface area contributed by atoms with Crippen LogP contribution in [0.15, 0.2) is 0 Å². The lowest BCUT2D eigenvalue weighted by Gasteiger charge is -1.99. The molecule has 1 atom stereocenters. The average Bonchev–Trinajstić information content (AvgIpc) is 1.27. The van der Waals surface area contributed by atoms with Gasteiger partial charge in [-0.1, -0.05) is 11.6 Å². The van der Waals surface area contributed by atoms with E-state index in [-0.39, 0.29) is 17.9 Å². The van der Waals surface area contributed by atoms with Crippen molar-refractivity contribution >= 4 is 30.0 Å². The molecular weight excluding hydrogens is 151 g/mol. The molecule has 0 bridgehead atoms. The number of alkyl halides is 1. The molecule has 0 aliphatic rings. The molecule has 50 valence electrons. The van der Waals surface area contributed by atoms with Gasteiger partial charge in [0.1, 0.15) is 5.50 Å². The lowest BCUT2D eigenvalue weighted by Crippen LogP contribution is -2.33. The van der Waals surface area contributed by atoms with Crippen LogP contribution in [-0.4, -0.2) is 11.5 Å². The Bertz CT molecular complexity index is 75.7. The largest absolute Gasteiger partial charge is 0.352 e. The van der Waals surface area contributed by atoms with Crippen molar-refractivity contribution in [3.05, 3.63) is 0 Å². The van der Waals surface area contributed by atoms with Crippen molar-refractivity contribution in [2.45, 2.75) is 12.4 Å². The first-order valence-electron chi connectivity index (χ1n) is 1.83. The summed E-state index contributed by atoms with van der Waals surface area (Å²) in [4.78, 5) is 9.84. The summed E-state index contributed by atoms with van der Waals surface area (Å²) in [6.07, 6.45) is 0. The lowest BCUT2D eigenvalue weighted by molar-refractivity contribution is 0.248. The van der Waals surface area contributed by atoms with Crippen LogP contribution in [0.1, 0.15) is 6.92 Å². The van der Waals surface area contributed by atoms with E-state index in [0.29, 0.717) is 0 Å². The number of carbonyl (C=O) groups excluding carboxylic acids is 1. The van der Waals surface area contributed by atoms with Gasteiger partial charge in [-0.15, -0.1) is 12.4 Å². The Balaban J connectivity index is 0. The number of rotatable bonds is 1. The smallest absolute Gasteiger partial charge is 0.313 e. The summed E-state index contributed by atoms with van der Waals surface area (Å²) in [5.41, 5.74) is 4.28. The molecule has 0 radical (unpaired) electrons. The number of urea groups is 1. The average molecular weight is 159 g/mol. The van der Waals surface area contributed by atoms with E-state index in [1.54, 1.807) is 6.92 Å². The summed E-state index contributed by atoms with van der Waals surface area (Å²) in [6.45, 7) is 1.62. The maximum absolute atomic E-state index is 9.84. The van der Waals surface area contributed by atoms with Gasteiger partial charge in [-0.05, 0) is 6.92 Å². The summed E-state index contributed by atoms with van der Waals surface area (Å²) in [7, 11) is 0. The first-order chi connectivity index (χ1) is 3.13. The van der Waals surface area contributed by atoms with Crippen LogP contribution >= 0.6 is 24.0 Å². The van der Waals surface area contributed by atoms with Gasteiger partial charge in [0.25, 0.3) is 0 Å². The number of nitrogens with one attached hydrogen (secondary N) is 1. The molecule has 3 N–H and O–H groups in total. The van der Waals surface area contributed by atoms with Crippen molar-refractivity contribution in [2.75, 3.05) is 0 Å². The second-order valence-electron chi connectivity index (χ2n) is 1.12. The molecular formula is C3H8Cl2N2O. The fourth-order valence-corrected chi connectivity index (χ4v) is 0.304. The maximum Gasteiger partial charge on any atom is 0.313 e. The van der Waals surface area contributed by atoms with Crippen LogP contribution in [0, 0.1) is 0 Å². The van der Waals surface area contributed by atoms with Crippen LogP contribution in [-0.2, 0) is 0 Å². The minimum absolute atomic E-state index is 0. The van der Waals surface area contributed by atoms with Crippen LogP contribution < -0.4 is 11.1 Å². The standard InChI is InChI=1S/C3H7ClN2O.ClH/c1-2(4)6-3(5)7;/h2H,1H3,(H3,5,6,7);1H. The number of hydrogen-bond donors (Lipinski definition) is 2. The zero-order chi connectivity index (χ0) is 5.86. The molecule has 0 rings (SSSR count). The first kappa shape index (κ1) is 10.8. The Kier molecular flexibility index (Phi) is 6.72. The Morgan fingerprint density at radius 2 is 2.25 bits per heavy atom. The third-order valence-electron chi connectivity index (χ3n) is 0.341. The molecule has 0 aromatic heterocycles. The van der Waals surface area contributed by atoms with Crippen molar-refractivity contribution in [1.82, 2.24) is 5.32 Å². The van der Waals surface area contributed by atoms with Crippen LogP contribution in [0.25, 0.3) is 0 Å². The van der Waals surface area contributed by atoms with Gasteiger partial charge < -0.3 is 11.1 Å². The van der Waals surface area contributed by atoms with Crippen LogP contribution in [0.4, 0.5) is 4.79 Å². The second-order valence-corrected chi connectivity index (χ2v) is 1.78. The van der Waals surface area contributed by atoms with Gasteiger partial charge >= 0.3 is 6.03 Å². The van der Waals surface area contributed by atoms with Crippen molar-refractivity contribution in [1.29, 1.82) is 0 Å². The number of amides is 2. The first-order valence-corrected chi connectivity index (χ1v) is 2.26. The molecule has 0 aliphatic heterocycles. The zero-order valence-corrected chi connectivity index (χ0v) is 5.92. The Labute approximate surface area is 59.0 Å². The van der Waals surface area contributed by atoms with Gasteiger partial charge in [0, 0.05) is 0 Å². The highest BCUT2D eigenvalue weighted by molar-refractivity contribution is 6.20. The van der Waals surface area contributed by atoms with E-state index in [2.05, 4.69) is 11.1 Å². The van der Waals surface area contributed by atoms with Crippen molar-refractivity contribution in [3.8, 4) is 0 Å². The number of nitrogens with two attached hydrogens (primary N) is 1. The van der Waals surface area contributed by atoms with Crippen LogP contribution in [0.2, 0.25) is 0 Å². The predicted molar refractivity (Wildman–Crippen MR) is 35.3 cm³/mol. The van der Waals surface area contributed by atoms with Crippen LogP contribution in [0.3, 0.4) is 0 Å². The highest BCUT2D eigenvalue weighted by atomic mass is 35.5. The van der Waals surface area contributed by atoms with E-state index in [4.69, 9.17) is 11.6 Å². The molecule has 1 unspecified atom stereocenters. The van der Waals surface area contributed by atoms with Gasteiger partial charge in [0.05, 0.1) is 0 Å². The summed E-state index contributed by atoms with van der Waals surface area (Å²) in [5, 5.41) is 2.21. The summed E-state index contributed by atoms with van der Waals surface area (Å²) in [5.74, 6) is 0. The van der Waals surface area contributed by atoms with Gasteiger partial charge in [0.15, 0.2) is 0 Å². The van der Waals surface area contributed by atoms with E-state index in [9.17, 15) is 4.79 Å². The minimum atomic E-state index is -0.595. The zero-order valence-electron chi connectivity index (χ0n) is 4.35. The maximum atomic E-state index is 9.84. The van der Waals surface area contributed by atoms with Gasteiger partial charge in [-0.2, -0.15) is 0 Å². The molecule has 0 saturated heterocycles. The summed E-state index contributed by atoms with van der Waals surface area (Å²) >= 11 is 5.26. The second kappa shape index (κ2) is 5.00. The van der Waals surface area contributed by atoms with Crippen molar-refractivity contribution in [2.24, 2.45) is 5.73 Å². The Morgan fingerprint density at radius 3 is 2.25 bits per heavy atom. The third-order valence-corrected chi connectivity index (χ3v) is 0.450. The monoisotopic (exact) mass is 158 g/mol. The van der Waals surface area contributed by atoms with Crippen LogP contribution in [0.5, 0.6) is 0 Å². The fourth-order valence-electron chi connectivity index (χ4n) is 0.196. The van der Waals surface area contributed by atoms with Crippen molar-refractivity contribution < 1.29 is 4.79 Å². The number of halogens is 2. The van der Waals surface area contributed by atoms with E-state index in [0.717, 1.165) is 0 Å². The minimum Gasteiger partial charge on any atom is -0.352 e. The molecule has 0 aromatic rings. The quantitative estimate of drug-likeness (QED) is 0.428. The molecule has 0 aliphatic carbocycles. The van der Waals surface area contributed by atoms with Gasteiger partial charge in [-0.3, -0.25) is 0 Å². The summed E-state index contributed by atoms with van der Waals surface area (Å²) < 4.78 is 0. The van der Waals surface area contributed by atoms with E-state index in [1.807, 2.05) is 0 Å². The van der Waals surface area contributed by atoms with Crippen molar-refractivity contribution in [3.63, 3.8) is 0 Å². The highest BCUT2D eigenvalue weighted by Gasteiger charge is 1.94. The number of primary amides is 1. The topological polar surface area (TPSA) is 55.1 Å². The molecule has 3 nitrogen and oxygen atoms in total. The SMILES string of the molecule is CC(Cl)NC(N)=O.Cl. The molecule has 0 aromatic carbocycles. The molecule has 5 heteroatoms. The van der Waals surface area contributed by atoms with Gasteiger partial charge in [-0.25, -0.2) is 4.79 Å². The molecule has 0 heterocycles. The Morgan fingerprint density at radius 1 is 1.88 bits per heavy atom. The van der Waals surface area contributed by atoms with E-state index >= 15 is 0 Å². The third kappa shape index (κ3) is 9.28. The molecule has 0 spiro atoms. The van der Waals surface area contributed by atoms with E-state index < -0.39 is 6.03 Å². The number of hydrogen-bond acceptors (Lipinski definition) is 1. The molecule has 2 amide bonds. The molecule has 0 fully saturated rings. The normalized spacial score (nSPS) is 11.2. The predicted octanol–water partition coefficient (Wildman–Crippen LogP) is 0.661. The van der Waals surface area contributed by atoms with E-state index in [1.165, 1.54) is 0 Å². The highest BCUT2D eigenvalue weighted by Crippen LogP contribution is 1.83. The molecule has 0 saturated carbocycles. The lowest BCUT2D eigenvalue weighted by atomic mass is 10.7. The number of carbonyl (C=O) groups is 1. The summed E-state index contributed by atoms with van der Waals surface area (Å²) in [6, 6.07) is -0.595. The molecule has 8 heavy (non-hydrogen) atoms. The van der Waals surface area contributed by atoms with Gasteiger partial charge in [0.2, 0.25) is 0 Å². The Hall–Kier alpha value is -0.150.